The van der Waals surface area contributed by atoms with Crippen LogP contribution in [0, 0.1) is 0 Å². The largest absolute Gasteiger partial charge is 0.320 e. The Balaban J connectivity index is 2.37. The molecule has 2 N–H and O–H groups in total. The van der Waals surface area contributed by atoms with Crippen LogP contribution in [-0.2, 0) is 4.79 Å². The minimum atomic E-state index is -0.421. The second-order valence-electron chi connectivity index (χ2n) is 3.08. The van der Waals surface area contributed by atoms with E-state index >= 15 is 0 Å². The number of nitrogens with one attached hydrogen (secondary N) is 2. The van der Waals surface area contributed by atoms with Gasteiger partial charge in [-0.25, -0.2) is 9.67 Å². The number of aromatic amines is 1. The van der Waals surface area contributed by atoms with Gasteiger partial charge in [-0.2, -0.15) is 5.10 Å². The fraction of sp³-hybridized carbons (Fsp3) is 0.111. The molecule has 2 aromatic rings. The van der Waals surface area contributed by atoms with Gasteiger partial charge in [0, 0.05) is 19.3 Å². The van der Waals surface area contributed by atoms with Crippen LogP contribution in [-0.4, -0.2) is 25.7 Å². The fourth-order valence-electron chi connectivity index (χ4n) is 1.17. The van der Waals surface area contributed by atoms with Crippen molar-refractivity contribution in [2.24, 2.45) is 0 Å². The Morgan fingerprint density at radius 1 is 1.56 bits per heavy atom. The summed E-state index contributed by atoms with van der Waals surface area (Å²) in [4.78, 5) is 28.8. The second kappa shape index (κ2) is 3.97. The lowest BCUT2D eigenvalue weighted by molar-refractivity contribution is -0.114. The molecule has 0 saturated heterocycles. The van der Waals surface area contributed by atoms with Crippen molar-refractivity contribution in [3.8, 4) is 5.95 Å². The van der Waals surface area contributed by atoms with Crippen molar-refractivity contribution in [2.75, 3.05) is 5.32 Å². The van der Waals surface area contributed by atoms with Crippen LogP contribution in [0.4, 0.5) is 5.69 Å². The van der Waals surface area contributed by atoms with Gasteiger partial charge < -0.3 is 5.32 Å². The molecule has 0 spiro atoms. The first-order chi connectivity index (χ1) is 7.66. The standard InChI is InChI=1S/C9H9N5O2/c1-6(15)12-7-5-10-9(13-8(7)16)14-4-2-3-11-14/h2-5H,1H3,(H,12,15)(H,10,13,16). The first kappa shape index (κ1) is 10.1. The molecule has 0 aromatic carbocycles. The second-order valence-corrected chi connectivity index (χ2v) is 3.08. The van der Waals surface area contributed by atoms with Gasteiger partial charge in [-0.3, -0.25) is 14.6 Å². The first-order valence-electron chi connectivity index (χ1n) is 4.54. The van der Waals surface area contributed by atoms with Gasteiger partial charge in [0.25, 0.3) is 5.56 Å². The number of hydrogen-bond acceptors (Lipinski definition) is 4. The highest BCUT2D eigenvalue weighted by atomic mass is 16.2. The van der Waals surface area contributed by atoms with Gasteiger partial charge in [0.05, 0.1) is 6.20 Å². The Hall–Kier alpha value is -2.44. The summed E-state index contributed by atoms with van der Waals surface area (Å²) < 4.78 is 1.42. The molecule has 0 unspecified atom stereocenters. The highest BCUT2D eigenvalue weighted by Gasteiger charge is 2.04. The summed E-state index contributed by atoms with van der Waals surface area (Å²) in [6.45, 7) is 1.32. The quantitative estimate of drug-likeness (QED) is 0.738. The van der Waals surface area contributed by atoms with Crippen molar-refractivity contribution >= 4 is 11.6 Å². The smallest absolute Gasteiger partial charge is 0.276 e. The Kier molecular flexibility index (Phi) is 2.50. The molecule has 0 atom stereocenters. The van der Waals surface area contributed by atoms with Gasteiger partial charge in [0.15, 0.2) is 0 Å². The van der Waals surface area contributed by atoms with Crippen molar-refractivity contribution in [3.63, 3.8) is 0 Å². The summed E-state index contributed by atoms with van der Waals surface area (Å²) in [5, 5.41) is 6.29. The number of aromatic nitrogens is 4. The topological polar surface area (TPSA) is 92.7 Å². The van der Waals surface area contributed by atoms with Gasteiger partial charge in [0.1, 0.15) is 5.69 Å². The van der Waals surface area contributed by atoms with Gasteiger partial charge in [0.2, 0.25) is 11.9 Å². The van der Waals surface area contributed by atoms with E-state index in [1.54, 1.807) is 18.5 Å². The van der Waals surface area contributed by atoms with E-state index in [0.717, 1.165) is 0 Å². The van der Waals surface area contributed by atoms with E-state index < -0.39 is 5.56 Å². The third kappa shape index (κ3) is 1.97. The molecule has 0 saturated carbocycles. The summed E-state index contributed by atoms with van der Waals surface area (Å²) in [7, 11) is 0. The summed E-state index contributed by atoms with van der Waals surface area (Å²) in [6.07, 6.45) is 4.51. The highest BCUT2D eigenvalue weighted by molar-refractivity contribution is 5.88. The number of amides is 1. The molecule has 0 aliphatic heterocycles. The number of carbonyl (C=O) groups excluding carboxylic acids is 1. The zero-order valence-electron chi connectivity index (χ0n) is 8.47. The van der Waals surface area contributed by atoms with Gasteiger partial charge in [-0.05, 0) is 6.07 Å². The molecule has 0 aliphatic rings. The minimum absolute atomic E-state index is 0.114. The molecule has 1 amide bonds. The predicted octanol–water partition coefficient (Wildman–Crippen LogP) is -0.0860. The van der Waals surface area contributed by atoms with Crippen LogP contribution in [0.1, 0.15) is 6.92 Å². The average molecular weight is 219 g/mol. The summed E-state index contributed by atoms with van der Waals surface area (Å²) in [5.74, 6) is -0.0248. The molecular weight excluding hydrogens is 210 g/mol. The van der Waals surface area contributed by atoms with Gasteiger partial charge in [-0.15, -0.1) is 0 Å². The van der Waals surface area contributed by atoms with Crippen molar-refractivity contribution in [1.82, 2.24) is 19.7 Å². The van der Waals surface area contributed by atoms with Crippen LogP contribution in [0.2, 0.25) is 0 Å². The minimum Gasteiger partial charge on any atom is -0.320 e. The lowest BCUT2D eigenvalue weighted by Crippen LogP contribution is -2.20. The zero-order chi connectivity index (χ0) is 11.5. The number of nitrogens with zero attached hydrogens (tertiary/aromatic N) is 3. The zero-order valence-corrected chi connectivity index (χ0v) is 8.47. The maximum Gasteiger partial charge on any atom is 0.276 e. The Bertz CT molecular complexity index is 558. The lowest BCUT2D eigenvalue weighted by Gasteiger charge is -2.02. The van der Waals surface area contributed by atoms with E-state index in [1.165, 1.54) is 17.8 Å². The lowest BCUT2D eigenvalue weighted by atomic mass is 10.5. The molecule has 16 heavy (non-hydrogen) atoms. The van der Waals surface area contributed by atoms with Crippen molar-refractivity contribution in [2.45, 2.75) is 6.92 Å². The molecule has 0 fully saturated rings. The number of rotatable bonds is 2. The first-order valence-corrected chi connectivity index (χ1v) is 4.54. The third-order valence-corrected chi connectivity index (χ3v) is 1.82. The Morgan fingerprint density at radius 2 is 2.38 bits per heavy atom. The summed E-state index contributed by atoms with van der Waals surface area (Å²) >= 11 is 0. The van der Waals surface area contributed by atoms with Crippen molar-refractivity contribution < 1.29 is 4.79 Å². The van der Waals surface area contributed by atoms with E-state index in [9.17, 15) is 9.59 Å². The van der Waals surface area contributed by atoms with E-state index in [-0.39, 0.29) is 11.6 Å². The summed E-state index contributed by atoms with van der Waals surface area (Å²) in [5.41, 5.74) is -0.306. The Labute approximate surface area is 90.1 Å². The molecule has 82 valence electrons. The normalized spacial score (nSPS) is 10.1. The van der Waals surface area contributed by atoms with Crippen molar-refractivity contribution in [1.29, 1.82) is 0 Å². The number of H-pyrrole nitrogens is 1. The maximum absolute atomic E-state index is 11.5. The fourth-order valence-corrected chi connectivity index (χ4v) is 1.17. The molecule has 0 radical (unpaired) electrons. The van der Waals surface area contributed by atoms with Gasteiger partial charge >= 0.3 is 0 Å². The molecule has 0 bridgehead atoms. The molecule has 7 heteroatoms. The molecule has 0 aliphatic carbocycles. The van der Waals surface area contributed by atoms with Crippen LogP contribution < -0.4 is 10.9 Å². The van der Waals surface area contributed by atoms with E-state index in [2.05, 4.69) is 20.4 Å². The van der Waals surface area contributed by atoms with E-state index in [0.29, 0.717) is 5.95 Å². The van der Waals surface area contributed by atoms with Crippen LogP contribution in [0.5, 0.6) is 0 Å². The monoisotopic (exact) mass is 219 g/mol. The van der Waals surface area contributed by atoms with Gasteiger partial charge in [-0.1, -0.05) is 0 Å². The number of anilines is 1. The van der Waals surface area contributed by atoms with Crippen LogP contribution >= 0.6 is 0 Å². The summed E-state index contributed by atoms with van der Waals surface area (Å²) in [6, 6.07) is 1.71. The maximum atomic E-state index is 11.5. The predicted molar refractivity (Wildman–Crippen MR) is 56.3 cm³/mol. The van der Waals surface area contributed by atoms with Crippen molar-refractivity contribution in [3.05, 3.63) is 35.0 Å². The van der Waals surface area contributed by atoms with E-state index in [4.69, 9.17) is 0 Å². The highest BCUT2D eigenvalue weighted by Crippen LogP contribution is 1.99. The van der Waals surface area contributed by atoms with E-state index in [1.807, 2.05) is 0 Å². The molecule has 2 aromatic heterocycles. The molecular formula is C9H9N5O2. The van der Waals surface area contributed by atoms with Crippen LogP contribution in [0.25, 0.3) is 5.95 Å². The van der Waals surface area contributed by atoms with Crippen LogP contribution in [0.3, 0.4) is 0 Å². The van der Waals surface area contributed by atoms with Crippen LogP contribution in [0.15, 0.2) is 29.5 Å². The molecule has 2 rings (SSSR count). The number of hydrogen-bond donors (Lipinski definition) is 2. The molecule has 7 nitrogen and oxygen atoms in total. The third-order valence-electron chi connectivity index (χ3n) is 1.82. The average Bonchev–Trinajstić information content (AvgIpc) is 2.73. The SMILES string of the molecule is CC(=O)Nc1cnc(-n2cccn2)[nH]c1=O. The molecule has 2 heterocycles. The Morgan fingerprint density at radius 3 is 2.94 bits per heavy atom. The number of carbonyl (C=O) groups is 1.